The number of rotatable bonds is 7. The summed E-state index contributed by atoms with van der Waals surface area (Å²) in [7, 11) is 1.49. The fourth-order valence-electron chi connectivity index (χ4n) is 1.87. The van der Waals surface area contributed by atoms with Crippen LogP contribution in [-0.4, -0.2) is 27.5 Å². The first kappa shape index (κ1) is 17.8. The van der Waals surface area contributed by atoms with E-state index in [0.717, 1.165) is 18.4 Å². The summed E-state index contributed by atoms with van der Waals surface area (Å²) in [6.45, 7) is 5.83. The number of aryl methyl sites for hydroxylation is 2. The third-order valence-electron chi connectivity index (χ3n) is 2.85. The van der Waals surface area contributed by atoms with Gasteiger partial charge in [0.05, 0.1) is 0 Å². The summed E-state index contributed by atoms with van der Waals surface area (Å²) >= 11 is 0. The highest BCUT2D eigenvalue weighted by Crippen LogP contribution is 2.31. The zero-order valence-corrected chi connectivity index (χ0v) is 14.0. The highest BCUT2D eigenvalue weighted by Gasteiger charge is 2.20. The average Bonchev–Trinajstić information content (AvgIpc) is 2.36. The number of nitrogens with one attached hydrogen (secondary N) is 1. The largest absolute Gasteiger partial charge is 0.482 e. The van der Waals surface area contributed by atoms with E-state index in [1.54, 1.807) is 19.9 Å². The third kappa shape index (κ3) is 5.55. The molecule has 118 valence electrons. The highest BCUT2D eigenvalue weighted by molar-refractivity contribution is 8.13. The van der Waals surface area contributed by atoms with E-state index in [1.165, 1.54) is 6.07 Å². The molecule has 0 saturated carbocycles. The number of ether oxygens (including phenoxy) is 1. The predicted molar refractivity (Wildman–Crippen MR) is 82.4 cm³/mol. The molecule has 7 heteroatoms. The van der Waals surface area contributed by atoms with E-state index in [0.29, 0.717) is 12.1 Å². The van der Waals surface area contributed by atoms with Gasteiger partial charge in [-0.15, -0.1) is 0 Å². The minimum Gasteiger partial charge on any atom is -0.482 e. The molecule has 1 amide bonds. The van der Waals surface area contributed by atoms with Crippen molar-refractivity contribution < 1.29 is 17.9 Å². The summed E-state index contributed by atoms with van der Waals surface area (Å²) in [6.07, 6.45) is 1.86. The molecule has 0 aliphatic heterocycles. The number of carbonyl (C=O) groups is 1. The van der Waals surface area contributed by atoms with Crippen molar-refractivity contribution in [3.8, 4) is 5.75 Å². The summed E-state index contributed by atoms with van der Waals surface area (Å²) in [6, 6.07) is 3.20. The maximum atomic E-state index is 11.6. The lowest BCUT2D eigenvalue weighted by molar-refractivity contribution is -0.123. The lowest BCUT2D eigenvalue weighted by Crippen LogP contribution is -2.29. The van der Waals surface area contributed by atoms with Gasteiger partial charge in [0.1, 0.15) is 10.6 Å². The molecule has 0 spiro atoms. The Morgan fingerprint density at radius 3 is 2.57 bits per heavy atom. The fraction of sp³-hybridized carbons (Fsp3) is 0.500. The van der Waals surface area contributed by atoms with Gasteiger partial charge in [0.2, 0.25) is 0 Å². The molecule has 0 radical (unpaired) electrons. The van der Waals surface area contributed by atoms with Gasteiger partial charge in [-0.25, -0.2) is 8.42 Å². The molecular weight excluding hydrogens is 314 g/mol. The Morgan fingerprint density at radius 1 is 1.33 bits per heavy atom. The molecule has 1 aromatic carbocycles. The second-order valence-electron chi connectivity index (χ2n) is 4.84. The number of amides is 1. The first-order chi connectivity index (χ1) is 9.75. The number of unbranched alkanes of at least 4 members (excludes halogenated alkanes) is 1. The van der Waals surface area contributed by atoms with Gasteiger partial charge in [0.25, 0.3) is 15.0 Å². The lowest BCUT2D eigenvalue weighted by Gasteiger charge is -2.13. The summed E-state index contributed by atoms with van der Waals surface area (Å²) < 4.78 is 28.6. The van der Waals surface area contributed by atoms with Gasteiger partial charge in [-0.1, -0.05) is 19.4 Å². The van der Waals surface area contributed by atoms with Crippen molar-refractivity contribution >= 4 is 25.6 Å². The summed E-state index contributed by atoms with van der Waals surface area (Å²) in [5, 5.41) is 2.70. The van der Waals surface area contributed by atoms with E-state index < -0.39 is 9.05 Å². The van der Waals surface area contributed by atoms with Crippen molar-refractivity contribution in [2.24, 2.45) is 0 Å². The van der Waals surface area contributed by atoms with Crippen LogP contribution in [-0.2, 0) is 13.8 Å². The molecule has 21 heavy (non-hydrogen) atoms. The van der Waals surface area contributed by atoms with E-state index in [-0.39, 0.29) is 23.2 Å². The molecule has 0 bridgehead atoms. The van der Waals surface area contributed by atoms with Gasteiger partial charge in [-0.3, -0.25) is 4.79 Å². The second-order valence-corrected chi connectivity index (χ2v) is 7.37. The van der Waals surface area contributed by atoms with Crippen molar-refractivity contribution in [1.29, 1.82) is 0 Å². The van der Waals surface area contributed by atoms with E-state index in [1.807, 2.05) is 6.92 Å². The molecule has 0 fully saturated rings. The quantitative estimate of drug-likeness (QED) is 0.614. The van der Waals surface area contributed by atoms with Gasteiger partial charge in [-0.2, -0.15) is 0 Å². The first-order valence-electron chi connectivity index (χ1n) is 6.71. The Hall–Kier alpha value is -1.27. The Bertz CT molecular complexity index is 614. The van der Waals surface area contributed by atoms with Gasteiger partial charge in [0.15, 0.2) is 6.61 Å². The zero-order valence-electron chi connectivity index (χ0n) is 12.4. The summed E-state index contributed by atoms with van der Waals surface area (Å²) in [5.41, 5.74) is 1.38. The number of carbonyl (C=O) groups excluding carboxylic acids is 1. The van der Waals surface area contributed by atoms with Crippen LogP contribution >= 0.6 is 10.7 Å². The fourth-order valence-corrected chi connectivity index (χ4v) is 2.99. The van der Waals surface area contributed by atoms with Crippen LogP contribution in [0.5, 0.6) is 5.75 Å². The Kier molecular flexibility index (Phi) is 6.48. The molecule has 1 N–H and O–H groups in total. The van der Waals surface area contributed by atoms with Crippen molar-refractivity contribution in [2.75, 3.05) is 13.2 Å². The Balaban J connectivity index is 2.86. The molecule has 0 aliphatic carbocycles. The van der Waals surface area contributed by atoms with Crippen LogP contribution in [0.15, 0.2) is 17.0 Å². The molecule has 5 nitrogen and oxygen atoms in total. The molecule has 0 heterocycles. The van der Waals surface area contributed by atoms with Crippen LogP contribution in [0.25, 0.3) is 0 Å². The average molecular weight is 334 g/mol. The topological polar surface area (TPSA) is 72.5 Å². The van der Waals surface area contributed by atoms with Crippen LogP contribution in [0.4, 0.5) is 0 Å². The first-order valence-corrected chi connectivity index (χ1v) is 9.02. The SMILES string of the molecule is CCCCNC(=O)COc1c(C)cc(C)cc1S(=O)(=O)Cl. The predicted octanol–water partition coefficient (Wildman–Crippen LogP) is 2.53. The maximum absolute atomic E-state index is 11.6. The van der Waals surface area contributed by atoms with Crippen LogP contribution < -0.4 is 10.1 Å². The van der Waals surface area contributed by atoms with Crippen LogP contribution in [0.2, 0.25) is 0 Å². The number of hydrogen-bond acceptors (Lipinski definition) is 4. The summed E-state index contributed by atoms with van der Waals surface area (Å²) in [4.78, 5) is 11.5. The monoisotopic (exact) mass is 333 g/mol. The normalized spacial score (nSPS) is 11.2. The summed E-state index contributed by atoms with van der Waals surface area (Å²) in [5.74, 6) is -0.164. The highest BCUT2D eigenvalue weighted by atomic mass is 35.7. The van der Waals surface area contributed by atoms with Crippen LogP contribution in [0.1, 0.15) is 30.9 Å². The number of hydrogen-bond donors (Lipinski definition) is 1. The van der Waals surface area contributed by atoms with Crippen molar-refractivity contribution in [1.82, 2.24) is 5.32 Å². The number of benzene rings is 1. The standard InChI is InChI=1S/C14H20ClNO4S/c1-4-5-6-16-13(17)9-20-14-11(3)7-10(2)8-12(14)21(15,18)19/h7-8H,4-6,9H2,1-3H3,(H,16,17). The molecule has 0 atom stereocenters. The molecule has 0 saturated heterocycles. The molecule has 1 aromatic rings. The van der Waals surface area contributed by atoms with Crippen molar-refractivity contribution in [2.45, 2.75) is 38.5 Å². The lowest BCUT2D eigenvalue weighted by atomic mass is 10.1. The molecule has 1 rings (SSSR count). The van der Waals surface area contributed by atoms with E-state index in [2.05, 4.69) is 5.32 Å². The Labute approximate surface area is 130 Å². The zero-order chi connectivity index (χ0) is 16.0. The van der Waals surface area contributed by atoms with Gasteiger partial charge in [0, 0.05) is 17.2 Å². The minimum absolute atomic E-state index is 0.108. The third-order valence-corrected chi connectivity index (χ3v) is 4.17. The number of halogens is 1. The Morgan fingerprint density at radius 2 is 2.00 bits per heavy atom. The van der Waals surface area contributed by atoms with Crippen molar-refractivity contribution in [3.63, 3.8) is 0 Å². The van der Waals surface area contributed by atoms with Crippen LogP contribution in [0, 0.1) is 13.8 Å². The molecule has 0 aliphatic rings. The van der Waals surface area contributed by atoms with E-state index >= 15 is 0 Å². The van der Waals surface area contributed by atoms with Gasteiger partial charge in [-0.05, 0) is 37.5 Å². The van der Waals surface area contributed by atoms with Gasteiger partial charge >= 0.3 is 0 Å². The maximum Gasteiger partial charge on any atom is 0.265 e. The van der Waals surface area contributed by atoms with E-state index in [9.17, 15) is 13.2 Å². The van der Waals surface area contributed by atoms with Crippen LogP contribution in [0.3, 0.4) is 0 Å². The van der Waals surface area contributed by atoms with Crippen molar-refractivity contribution in [3.05, 3.63) is 23.3 Å². The van der Waals surface area contributed by atoms with E-state index in [4.69, 9.17) is 15.4 Å². The van der Waals surface area contributed by atoms with Gasteiger partial charge < -0.3 is 10.1 Å². The molecular formula is C14H20ClNO4S. The minimum atomic E-state index is -3.93. The molecule has 0 aromatic heterocycles. The molecule has 0 unspecified atom stereocenters. The second kappa shape index (κ2) is 7.66. The smallest absolute Gasteiger partial charge is 0.265 e.